The Morgan fingerprint density at radius 3 is 2.84 bits per heavy atom. The van der Waals surface area contributed by atoms with Gasteiger partial charge in [0.15, 0.2) is 5.82 Å². The fourth-order valence-corrected chi connectivity index (χ4v) is 2.56. The standard InChI is InChI=1S/C14H9FIN3/c15-10-5-2-1-4-9(10)8-17-14-13-11(16)6-3-7-12(13)18-19-14/h1-8H,(H,18,19). The molecule has 0 unspecified atom stereocenters. The number of hydrogen-bond donors (Lipinski definition) is 1. The molecular formula is C14H9FIN3. The van der Waals surface area contributed by atoms with Gasteiger partial charge in [-0.15, -0.1) is 0 Å². The number of halogens is 2. The molecule has 1 aromatic heterocycles. The Hall–Kier alpha value is -1.76. The predicted molar refractivity (Wildman–Crippen MR) is 82.5 cm³/mol. The molecule has 2 aromatic carbocycles. The lowest BCUT2D eigenvalue weighted by molar-refractivity contribution is 0.626. The third-order valence-electron chi connectivity index (χ3n) is 2.75. The predicted octanol–water partition coefficient (Wildman–Crippen LogP) is 4.06. The largest absolute Gasteiger partial charge is 0.276 e. The third kappa shape index (κ3) is 2.37. The minimum Gasteiger partial charge on any atom is -0.276 e. The lowest BCUT2D eigenvalue weighted by Gasteiger charge is -1.95. The second-order valence-corrected chi connectivity index (χ2v) is 5.15. The number of hydrogen-bond acceptors (Lipinski definition) is 2. The molecular weight excluding hydrogens is 356 g/mol. The van der Waals surface area contributed by atoms with Crippen molar-refractivity contribution in [2.24, 2.45) is 4.99 Å². The summed E-state index contributed by atoms with van der Waals surface area (Å²) in [6.45, 7) is 0. The van der Waals surface area contributed by atoms with Crippen LogP contribution >= 0.6 is 22.6 Å². The Morgan fingerprint density at radius 2 is 2.00 bits per heavy atom. The van der Waals surface area contributed by atoms with E-state index in [1.807, 2.05) is 18.2 Å². The van der Waals surface area contributed by atoms with Crippen LogP contribution in [0.4, 0.5) is 10.2 Å². The van der Waals surface area contributed by atoms with Crippen molar-refractivity contribution in [2.45, 2.75) is 0 Å². The van der Waals surface area contributed by atoms with Crippen LogP contribution in [-0.4, -0.2) is 16.4 Å². The van der Waals surface area contributed by atoms with Crippen LogP contribution in [0.15, 0.2) is 47.5 Å². The zero-order valence-electron chi connectivity index (χ0n) is 9.77. The van der Waals surface area contributed by atoms with E-state index in [0.717, 1.165) is 14.5 Å². The van der Waals surface area contributed by atoms with E-state index in [1.54, 1.807) is 18.2 Å². The molecule has 0 aliphatic heterocycles. The van der Waals surface area contributed by atoms with Gasteiger partial charge in [-0.1, -0.05) is 24.3 Å². The Bertz CT molecular complexity index is 764. The first-order valence-electron chi connectivity index (χ1n) is 5.67. The van der Waals surface area contributed by atoms with Crippen LogP contribution in [0.25, 0.3) is 10.9 Å². The van der Waals surface area contributed by atoms with E-state index in [9.17, 15) is 4.39 Å². The number of nitrogens with zero attached hydrogens (tertiary/aromatic N) is 2. The lowest BCUT2D eigenvalue weighted by atomic mass is 10.2. The van der Waals surface area contributed by atoms with Gasteiger partial charge < -0.3 is 0 Å². The number of aromatic amines is 1. The van der Waals surface area contributed by atoms with Gasteiger partial charge in [0.25, 0.3) is 0 Å². The van der Waals surface area contributed by atoms with Crippen molar-refractivity contribution in [1.82, 2.24) is 10.2 Å². The van der Waals surface area contributed by atoms with Gasteiger partial charge in [0.1, 0.15) is 5.82 Å². The summed E-state index contributed by atoms with van der Waals surface area (Å²) >= 11 is 2.23. The molecule has 3 aromatic rings. The number of rotatable bonds is 2. The van der Waals surface area contributed by atoms with Gasteiger partial charge in [-0.3, -0.25) is 5.10 Å². The molecule has 0 aliphatic rings. The van der Waals surface area contributed by atoms with Crippen molar-refractivity contribution in [3.63, 3.8) is 0 Å². The first-order chi connectivity index (χ1) is 9.25. The van der Waals surface area contributed by atoms with Crippen molar-refractivity contribution in [2.75, 3.05) is 0 Å². The van der Waals surface area contributed by atoms with E-state index in [0.29, 0.717) is 11.4 Å². The van der Waals surface area contributed by atoms with E-state index >= 15 is 0 Å². The molecule has 3 rings (SSSR count). The first kappa shape index (κ1) is 12.3. The van der Waals surface area contributed by atoms with Crippen molar-refractivity contribution in [1.29, 1.82) is 0 Å². The Morgan fingerprint density at radius 1 is 1.16 bits per heavy atom. The Labute approximate surface area is 122 Å². The minimum absolute atomic E-state index is 0.291. The summed E-state index contributed by atoms with van der Waals surface area (Å²) < 4.78 is 14.6. The SMILES string of the molecule is Fc1ccccc1C=Nc1n[nH]c2cccc(I)c12. The number of benzene rings is 2. The number of aromatic nitrogens is 2. The van der Waals surface area contributed by atoms with Crippen molar-refractivity contribution in [3.8, 4) is 0 Å². The molecule has 0 saturated carbocycles. The third-order valence-corrected chi connectivity index (χ3v) is 3.65. The van der Waals surface area contributed by atoms with Crippen LogP contribution < -0.4 is 0 Å². The fourth-order valence-electron chi connectivity index (χ4n) is 1.82. The molecule has 0 aliphatic carbocycles. The first-order valence-corrected chi connectivity index (χ1v) is 6.75. The normalized spacial score (nSPS) is 11.5. The second kappa shape index (κ2) is 5.08. The van der Waals surface area contributed by atoms with E-state index < -0.39 is 0 Å². The van der Waals surface area contributed by atoms with E-state index in [1.165, 1.54) is 12.3 Å². The maximum atomic E-state index is 13.5. The van der Waals surface area contributed by atoms with Gasteiger partial charge in [0, 0.05) is 15.3 Å². The van der Waals surface area contributed by atoms with Gasteiger partial charge in [-0.05, 0) is 40.8 Å². The molecule has 5 heteroatoms. The average Bonchev–Trinajstić information content (AvgIpc) is 2.83. The van der Waals surface area contributed by atoms with Gasteiger partial charge >= 0.3 is 0 Å². The summed E-state index contributed by atoms with van der Waals surface area (Å²) in [6, 6.07) is 12.4. The maximum Gasteiger partial charge on any atom is 0.182 e. The number of H-pyrrole nitrogens is 1. The monoisotopic (exact) mass is 365 g/mol. The maximum absolute atomic E-state index is 13.5. The Kier molecular flexibility index (Phi) is 3.29. The summed E-state index contributed by atoms with van der Waals surface area (Å²) in [5, 5.41) is 8.02. The second-order valence-electron chi connectivity index (χ2n) is 3.99. The summed E-state index contributed by atoms with van der Waals surface area (Å²) in [6.07, 6.45) is 1.49. The van der Waals surface area contributed by atoms with E-state index in [2.05, 4.69) is 37.8 Å². The average molecular weight is 365 g/mol. The highest BCUT2D eigenvalue weighted by Crippen LogP contribution is 2.27. The number of fused-ring (bicyclic) bond motifs is 1. The molecule has 0 bridgehead atoms. The molecule has 0 amide bonds. The quantitative estimate of drug-likeness (QED) is 0.540. The number of aliphatic imine (C=N–C) groups is 1. The van der Waals surface area contributed by atoms with Crippen molar-refractivity contribution >= 4 is 45.5 Å². The highest BCUT2D eigenvalue weighted by molar-refractivity contribution is 14.1. The highest BCUT2D eigenvalue weighted by Gasteiger charge is 2.07. The molecule has 3 nitrogen and oxygen atoms in total. The van der Waals surface area contributed by atoms with Crippen LogP contribution in [0.3, 0.4) is 0 Å². The van der Waals surface area contributed by atoms with Gasteiger partial charge in [0.05, 0.1) is 10.9 Å². The molecule has 0 radical (unpaired) electrons. The fraction of sp³-hybridized carbons (Fsp3) is 0. The van der Waals surface area contributed by atoms with Crippen molar-refractivity contribution in [3.05, 3.63) is 57.4 Å². The van der Waals surface area contributed by atoms with Gasteiger partial charge in [0.2, 0.25) is 0 Å². The molecule has 0 spiro atoms. The van der Waals surface area contributed by atoms with E-state index in [-0.39, 0.29) is 5.82 Å². The van der Waals surface area contributed by atoms with Crippen LogP contribution in [0, 0.1) is 9.39 Å². The molecule has 1 heterocycles. The molecule has 0 saturated heterocycles. The molecule has 19 heavy (non-hydrogen) atoms. The molecule has 1 N–H and O–H groups in total. The summed E-state index contributed by atoms with van der Waals surface area (Å²) in [5.41, 5.74) is 1.37. The van der Waals surface area contributed by atoms with Crippen LogP contribution in [-0.2, 0) is 0 Å². The summed E-state index contributed by atoms with van der Waals surface area (Å²) in [4.78, 5) is 4.27. The number of nitrogens with one attached hydrogen (secondary N) is 1. The smallest absolute Gasteiger partial charge is 0.182 e. The minimum atomic E-state index is -0.291. The highest BCUT2D eigenvalue weighted by atomic mass is 127. The van der Waals surface area contributed by atoms with Crippen LogP contribution in [0.1, 0.15) is 5.56 Å². The summed E-state index contributed by atoms with van der Waals surface area (Å²) in [5.74, 6) is 0.282. The topological polar surface area (TPSA) is 41.0 Å². The zero-order chi connectivity index (χ0) is 13.2. The summed E-state index contributed by atoms with van der Waals surface area (Å²) in [7, 11) is 0. The van der Waals surface area contributed by atoms with Crippen molar-refractivity contribution < 1.29 is 4.39 Å². The van der Waals surface area contributed by atoms with Gasteiger partial charge in [-0.2, -0.15) is 5.10 Å². The molecule has 94 valence electrons. The lowest BCUT2D eigenvalue weighted by Crippen LogP contribution is -1.86. The Balaban J connectivity index is 2.05. The molecule has 0 fully saturated rings. The molecule has 0 atom stereocenters. The van der Waals surface area contributed by atoms with Crippen LogP contribution in [0.5, 0.6) is 0 Å². The van der Waals surface area contributed by atoms with Crippen LogP contribution in [0.2, 0.25) is 0 Å². The van der Waals surface area contributed by atoms with E-state index in [4.69, 9.17) is 0 Å². The van der Waals surface area contributed by atoms with Gasteiger partial charge in [-0.25, -0.2) is 9.38 Å². The zero-order valence-corrected chi connectivity index (χ0v) is 11.9.